The normalized spacial score (nSPS) is 21.5. The molecule has 0 radical (unpaired) electrons. The van der Waals surface area contributed by atoms with Crippen LogP contribution in [0.5, 0.6) is 0 Å². The second-order valence-corrected chi connectivity index (χ2v) is 10.7. The van der Waals surface area contributed by atoms with E-state index in [1.807, 2.05) is 0 Å². The standard InChI is InChI=1S/C13H26Cl2N2O5S2/c1-12(2)22-13-11-16(23(18,19)9-3-5-14)7-8-17(13)24(20,21)10-4-6-15/h12-13H,3-11H2,1-2H3. The van der Waals surface area contributed by atoms with Crippen LogP contribution in [0, 0.1) is 0 Å². The van der Waals surface area contributed by atoms with Gasteiger partial charge in [-0.15, -0.1) is 23.2 Å². The fourth-order valence-corrected chi connectivity index (χ4v) is 6.07. The van der Waals surface area contributed by atoms with E-state index in [4.69, 9.17) is 27.9 Å². The Balaban J connectivity index is 2.92. The lowest BCUT2D eigenvalue weighted by Gasteiger charge is -2.40. The van der Waals surface area contributed by atoms with Crippen LogP contribution in [0.25, 0.3) is 0 Å². The van der Waals surface area contributed by atoms with Crippen LogP contribution in [0.1, 0.15) is 26.7 Å². The molecule has 0 saturated carbocycles. The lowest BCUT2D eigenvalue weighted by Crippen LogP contribution is -2.58. The summed E-state index contributed by atoms with van der Waals surface area (Å²) in [5, 5.41) is 0. The molecule has 1 fully saturated rings. The smallest absolute Gasteiger partial charge is 0.216 e. The molecule has 0 aliphatic carbocycles. The average molecular weight is 425 g/mol. The van der Waals surface area contributed by atoms with Crippen molar-refractivity contribution in [2.24, 2.45) is 0 Å². The summed E-state index contributed by atoms with van der Waals surface area (Å²) >= 11 is 11.2. The largest absolute Gasteiger partial charge is 0.358 e. The Kier molecular flexibility index (Phi) is 9.23. The first kappa shape index (κ1) is 22.4. The Bertz CT molecular complexity index is 583. The van der Waals surface area contributed by atoms with Crippen molar-refractivity contribution >= 4 is 43.2 Å². The molecule has 0 spiro atoms. The molecule has 144 valence electrons. The van der Waals surface area contributed by atoms with Gasteiger partial charge in [0.05, 0.1) is 24.2 Å². The molecule has 0 aromatic heterocycles. The minimum atomic E-state index is -3.54. The van der Waals surface area contributed by atoms with Crippen LogP contribution < -0.4 is 0 Å². The molecule has 1 atom stereocenters. The van der Waals surface area contributed by atoms with Crippen LogP contribution in [0.4, 0.5) is 0 Å². The zero-order valence-electron chi connectivity index (χ0n) is 14.0. The van der Waals surface area contributed by atoms with Crippen LogP contribution >= 0.6 is 23.2 Å². The number of ether oxygens (including phenoxy) is 1. The van der Waals surface area contributed by atoms with Gasteiger partial charge in [-0.25, -0.2) is 16.8 Å². The number of sulfonamides is 2. The number of halogens is 2. The van der Waals surface area contributed by atoms with E-state index < -0.39 is 26.3 Å². The summed E-state index contributed by atoms with van der Waals surface area (Å²) in [5.74, 6) is 0.386. The Labute approximate surface area is 155 Å². The molecular formula is C13H26Cl2N2O5S2. The van der Waals surface area contributed by atoms with Gasteiger partial charge in [-0.3, -0.25) is 0 Å². The van der Waals surface area contributed by atoms with Crippen molar-refractivity contribution in [3.05, 3.63) is 0 Å². The highest BCUT2D eigenvalue weighted by molar-refractivity contribution is 7.89. The Morgan fingerprint density at radius 3 is 2.04 bits per heavy atom. The zero-order valence-corrected chi connectivity index (χ0v) is 17.2. The molecule has 1 heterocycles. The zero-order chi connectivity index (χ0) is 18.4. The van der Waals surface area contributed by atoms with Crippen molar-refractivity contribution in [2.45, 2.75) is 39.0 Å². The predicted molar refractivity (Wildman–Crippen MR) is 96.5 cm³/mol. The number of rotatable bonds is 10. The van der Waals surface area contributed by atoms with Gasteiger partial charge in [0.25, 0.3) is 0 Å². The van der Waals surface area contributed by atoms with Gasteiger partial charge in [0.1, 0.15) is 6.23 Å². The molecular weight excluding hydrogens is 399 g/mol. The van der Waals surface area contributed by atoms with Crippen LogP contribution in [0.15, 0.2) is 0 Å². The first-order chi connectivity index (χ1) is 11.1. The Hall–Kier alpha value is 0.360. The van der Waals surface area contributed by atoms with Crippen molar-refractivity contribution in [2.75, 3.05) is 42.9 Å². The third kappa shape index (κ3) is 6.59. The Morgan fingerprint density at radius 1 is 1.00 bits per heavy atom. The molecule has 7 nitrogen and oxygen atoms in total. The van der Waals surface area contributed by atoms with Crippen molar-refractivity contribution in [1.29, 1.82) is 0 Å². The number of alkyl halides is 2. The van der Waals surface area contributed by atoms with Crippen LogP contribution in [0.2, 0.25) is 0 Å². The predicted octanol–water partition coefficient (Wildman–Crippen LogP) is 1.27. The maximum absolute atomic E-state index is 12.5. The minimum Gasteiger partial charge on any atom is -0.358 e. The van der Waals surface area contributed by atoms with Gasteiger partial charge in [-0.2, -0.15) is 8.61 Å². The molecule has 24 heavy (non-hydrogen) atoms. The molecule has 1 saturated heterocycles. The van der Waals surface area contributed by atoms with E-state index in [2.05, 4.69) is 0 Å². The number of nitrogens with zero attached hydrogens (tertiary/aromatic N) is 2. The quantitative estimate of drug-likeness (QED) is 0.493. The number of hydrogen-bond donors (Lipinski definition) is 0. The SMILES string of the molecule is CC(C)OC1CN(S(=O)(=O)CCCCl)CCN1S(=O)(=O)CCCCl. The van der Waals surface area contributed by atoms with Crippen LogP contribution in [-0.4, -0.2) is 80.7 Å². The van der Waals surface area contributed by atoms with Gasteiger partial charge < -0.3 is 4.74 Å². The monoisotopic (exact) mass is 424 g/mol. The van der Waals surface area contributed by atoms with Gasteiger partial charge in [0.2, 0.25) is 20.0 Å². The topological polar surface area (TPSA) is 84.0 Å². The minimum absolute atomic E-state index is 0.0110. The van der Waals surface area contributed by atoms with E-state index in [1.54, 1.807) is 13.8 Å². The third-order valence-electron chi connectivity index (χ3n) is 3.50. The molecule has 1 rings (SSSR count). The fraction of sp³-hybridized carbons (Fsp3) is 1.00. The maximum Gasteiger partial charge on any atom is 0.216 e. The van der Waals surface area contributed by atoms with E-state index in [-0.39, 0.29) is 49.0 Å². The molecule has 11 heteroatoms. The summed E-state index contributed by atoms with van der Waals surface area (Å²) in [6.45, 7) is 3.74. The van der Waals surface area contributed by atoms with E-state index >= 15 is 0 Å². The highest BCUT2D eigenvalue weighted by Gasteiger charge is 2.39. The molecule has 0 bridgehead atoms. The summed E-state index contributed by atoms with van der Waals surface area (Å²) < 4.78 is 57.8. The number of hydrogen-bond acceptors (Lipinski definition) is 5. The van der Waals surface area contributed by atoms with Crippen LogP contribution in [-0.2, 0) is 24.8 Å². The summed E-state index contributed by atoms with van der Waals surface area (Å²) in [6.07, 6.45) is -0.364. The summed E-state index contributed by atoms with van der Waals surface area (Å²) in [7, 11) is -7.02. The maximum atomic E-state index is 12.5. The summed E-state index contributed by atoms with van der Waals surface area (Å²) in [4.78, 5) is 0. The van der Waals surface area contributed by atoms with Gasteiger partial charge in [-0.1, -0.05) is 0 Å². The fourth-order valence-electron chi connectivity index (χ4n) is 2.43. The molecule has 1 unspecified atom stereocenters. The van der Waals surface area contributed by atoms with Gasteiger partial charge in [0, 0.05) is 24.8 Å². The number of piperazine rings is 1. The molecule has 0 aromatic rings. The van der Waals surface area contributed by atoms with E-state index in [9.17, 15) is 16.8 Å². The first-order valence-electron chi connectivity index (χ1n) is 7.88. The van der Waals surface area contributed by atoms with Gasteiger partial charge >= 0.3 is 0 Å². The highest BCUT2D eigenvalue weighted by atomic mass is 35.5. The lowest BCUT2D eigenvalue weighted by atomic mass is 10.4. The second-order valence-electron chi connectivity index (χ2n) is 5.83. The first-order valence-corrected chi connectivity index (χ1v) is 12.2. The van der Waals surface area contributed by atoms with E-state index in [0.717, 1.165) is 0 Å². The average Bonchev–Trinajstić information content (AvgIpc) is 2.50. The van der Waals surface area contributed by atoms with E-state index in [1.165, 1.54) is 8.61 Å². The van der Waals surface area contributed by atoms with Crippen molar-refractivity contribution < 1.29 is 21.6 Å². The van der Waals surface area contributed by atoms with E-state index in [0.29, 0.717) is 12.8 Å². The third-order valence-corrected chi connectivity index (χ3v) is 7.90. The van der Waals surface area contributed by atoms with Crippen molar-refractivity contribution in [1.82, 2.24) is 8.61 Å². The summed E-state index contributed by atoms with van der Waals surface area (Å²) in [6, 6.07) is 0. The Morgan fingerprint density at radius 2 is 1.54 bits per heavy atom. The van der Waals surface area contributed by atoms with Gasteiger partial charge in [-0.05, 0) is 26.7 Å². The summed E-state index contributed by atoms with van der Waals surface area (Å²) in [5.41, 5.74) is 0. The molecule has 1 aliphatic heterocycles. The second kappa shape index (κ2) is 9.89. The van der Waals surface area contributed by atoms with Crippen molar-refractivity contribution in [3.63, 3.8) is 0 Å². The highest BCUT2D eigenvalue weighted by Crippen LogP contribution is 2.21. The molecule has 1 aliphatic rings. The van der Waals surface area contributed by atoms with Crippen LogP contribution in [0.3, 0.4) is 0 Å². The molecule has 0 amide bonds. The lowest BCUT2D eigenvalue weighted by molar-refractivity contribution is -0.0759. The molecule has 0 N–H and O–H groups in total. The van der Waals surface area contributed by atoms with Gasteiger partial charge in [0.15, 0.2) is 0 Å². The molecule has 0 aromatic carbocycles. The van der Waals surface area contributed by atoms with Crippen molar-refractivity contribution in [3.8, 4) is 0 Å².